The van der Waals surface area contributed by atoms with Crippen LogP contribution in [0.4, 0.5) is 0 Å². The Morgan fingerprint density at radius 2 is 1.35 bits per heavy atom. The molecule has 5 aromatic heterocycles. The van der Waals surface area contributed by atoms with E-state index < -0.39 is 0 Å². The number of H-pyrrole nitrogens is 2. The highest BCUT2D eigenvalue weighted by molar-refractivity contribution is 7.32. The van der Waals surface area contributed by atoms with Crippen LogP contribution in [-0.4, -0.2) is 24.9 Å². The summed E-state index contributed by atoms with van der Waals surface area (Å²) in [5.74, 6) is 0. The zero-order chi connectivity index (χ0) is 15.2. The summed E-state index contributed by atoms with van der Waals surface area (Å²) < 4.78 is 2.57. The molecule has 5 aromatic rings. The van der Waals surface area contributed by atoms with Gasteiger partial charge in [0.05, 0.1) is 51.1 Å². The van der Waals surface area contributed by atoms with Gasteiger partial charge in [0.25, 0.3) is 0 Å². The van der Waals surface area contributed by atoms with Crippen LogP contribution < -0.4 is 0 Å². The highest BCUT2D eigenvalue weighted by Gasteiger charge is 2.13. The van der Waals surface area contributed by atoms with Crippen molar-refractivity contribution in [3.05, 3.63) is 43.4 Å². The van der Waals surface area contributed by atoms with Gasteiger partial charge in [0.15, 0.2) is 0 Å². The Balaban J connectivity index is 1.52. The molecule has 0 unspecified atom stereocenters. The molecular weight excluding hydrogens is 346 g/mol. The van der Waals surface area contributed by atoms with E-state index in [1.807, 2.05) is 18.6 Å². The molecule has 5 rings (SSSR count). The van der Waals surface area contributed by atoms with Gasteiger partial charge in [-0.15, -0.1) is 34.0 Å². The maximum absolute atomic E-state index is 4.56. The molecule has 23 heavy (non-hydrogen) atoms. The average molecular weight is 355 g/mol. The van der Waals surface area contributed by atoms with Crippen molar-refractivity contribution in [1.82, 2.24) is 24.9 Å². The second-order valence-corrected chi connectivity index (χ2v) is 8.11. The van der Waals surface area contributed by atoms with Crippen molar-refractivity contribution in [1.29, 1.82) is 0 Å². The number of nitrogens with zero attached hydrogens (tertiary/aromatic N) is 3. The van der Waals surface area contributed by atoms with Gasteiger partial charge in [-0.1, -0.05) is 0 Å². The van der Waals surface area contributed by atoms with Gasteiger partial charge in [-0.2, -0.15) is 0 Å². The molecule has 0 fully saturated rings. The Hall–Kier alpha value is -2.29. The van der Waals surface area contributed by atoms with Gasteiger partial charge < -0.3 is 9.97 Å². The van der Waals surface area contributed by atoms with Crippen LogP contribution in [0.1, 0.15) is 0 Å². The first-order valence-electron chi connectivity index (χ1n) is 6.84. The number of thiazole rings is 1. The summed E-state index contributed by atoms with van der Waals surface area (Å²) in [6.45, 7) is 0. The van der Waals surface area contributed by atoms with Crippen LogP contribution in [0, 0.1) is 0 Å². The van der Waals surface area contributed by atoms with Gasteiger partial charge in [0, 0.05) is 15.6 Å². The van der Waals surface area contributed by atoms with Crippen LogP contribution >= 0.6 is 34.0 Å². The standard InChI is InChI=1S/C15H9N5S3/c1-10(8-3-16-6-19-8)21-12-2-13(22-11(1)12)15-18-5-14(23-15)9-4-17-7-20-9/h1-7H,(H,16,19)(H,17,20). The third kappa shape index (κ3) is 2.23. The van der Waals surface area contributed by atoms with Gasteiger partial charge >= 0.3 is 0 Å². The number of hydrogen-bond acceptors (Lipinski definition) is 6. The van der Waals surface area contributed by atoms with E-state index in [0.29, 0.717) is 0 Å². The lowest BCUT2D eigenvalue weighted by atomic mass is 10.3. The van der Waals surface area contributed by atoms with E-state index in [2.05, 4.69) is 37.1 Å². The lowest BCUT2D eigenvalue weighted by Gasteiger charge is -1.89. The van der Waals surface area contributed by atoms with Crippen LogP contribution in [0.15, 0.2) is 43.4 Å². The molecule has 0 aliphatic carbocycles. The van der Waals surface area contributed by atoms with Crippen molar-refractivity contribution in [2.24, 2.45) is 0 Å². The summed E-state index contributed by atoms with van der Waals surface area (Å²) >= 11 is 5.23. The molecule has 0 amide bonds. The molecule has 0 aliphatic heterocycles. The summed E-state index contributed by atoms with van der Waals surface area (Å²) in [5, 5.41) is 1.05. The fourth-order valence-electron chi connectivity index (χ4n) is 2.37. The summed E-state index contributed by atoms with van der Waals surface area (Å²) in [6, 6.07) is 4.44. The Kier molecular flexibility index (Phi) is 2.93. The highest BCUT2D eigenvalue weighted by atomic mass is 32.1. The minimum atomic E-state index is 1.01. The zero-order valence-electron chi connectivity index (χ0n) is 11.6. The third-order valence-corrected chi connectivity index (χ3v) is 6.98. The molecule has 0 spiro atoms. The molecule has 0 bridgehead atoms. The molecule has 112 valence electrons. The van der Waals surface area contributed by atoms with Crippen molar-refractivity contribution in [2.45, 2.75) is 0 Å². The fourth-order valence-corrected chi connectivity index (χ4v) is 5.68. The topological polar surface area (TPSA) is 70.2 Å². The number of thiophene rings is 2. The van der Waals surface area contributed by atoms with Crippen molar-refractivity contribution < 1.29 is 0 Å². The lowest BCUT2D eigenvalue weighted by Crippen LogP contribution is -1.67. The van der Waals surface area contributed by atoms with Crippen molar-refractivity contribution in [3.8, 4) is 31.0 Å². The number of nitrogens with one attached hydrogen (secondary N) is 2. The second kappa shape index (κ2) is 5.12. The van der Waals surface area contributed by atoms with Crippen LogP contribution in [0.5, 0.6) is 0 Å². The molecule has 2 N–H and O–H groups in total. The summed E-state index contributed by atoms with van der Waals surface area (Å²) in [4.78, 5) is 22.5. The monoisotopic (exact) mass is 355 g/mol. The number of rotatable bonds is 3. The van der Waals surface area contributed by atoms with E-state index in [1.54, 1.807) is 46.7 Å². The number of aromatic amines is 2. The maximum Gasteiger partial charge on any atom is 0.134 e. The predicted octanol–water partition coefficient (Wildman–Crippen LogP) is 4.87. The van der Waals surface area contributed by atoms with Crippen LogP contribution in [0.25, 0.3) is 40.4 Å². The number of fused-ring (bicyclic) bond motifs is 1. The first-order valence-corrected chi connectivity index (χ1v) is 9.29. The Morgan fingerprint density at radius 1 is 0.696 bits per heavy atom. The number of aromatic nitrogens is 5. The van der Waals surface area contributed by atoms with E-state index in [0.717, 1.165) is 21.3 Å². The predicted molar refractivity (Wildman–Crippen MR) is 96.0 cm³/mol. The van der Waals surface area contributed by atoms with E-state index in [9.17, 15) is 0 Å². The number of imidazole rings is 2. The molecule has 5 nitrogen and oxygen atoms in total. The molecule has 0 atom stereocenters. The third-order valence-electron chi connectivity index (χ3n) is 3.45. The maximum atomic E-state index is 4.56. The van der Waals surface area contributed by atoms with Crippen LogP contribution in [0.2, 0.25) is 0 Å². The van der Waals surface area contributed by atoms with Crippen molar-refractivity contribution in [3.63, 3.8) is 0 Å². The first-order chi connectivity index (χ1) is 11.4. The minimum absolute atomic E-state index is 1.01. The van der Waals surface area contributed by atoms with E-state index in [4.69, 9.17) is 0 Å². The molecule has 0 aliphatic rings. The Bertz CT molecular complexity index is 1030. The second-order valence-electron chi connectivity index (χ2n) is 4.91. The lowest BCUT2D eigenvalue weighted by molar-refractivity contribution is 1.31. The normalized spacial score (nSPS) is 11.5. The van der Waals surface area contributed by atoms with Crippen molar-refractivity contribution >= 4 is 43.4 Å². The molecule has 0 aromatic carbocycles. The highest BCUT2D eigenvalue weighted by Crippen LogP contribution is 2.42. The van der Waals surface area contributed by atoms with Crippen LogP contribution in [0.3, 0.4) is 0 Å². The van der Waals surface area contributed by atoms with Crippen LogP contribution in [-0.2, 0) is 0 Å². The van der Waals surface area contributed by atoms with E-state index in [-0.39, 0.29) is 0 Å². The van der Waals surface area contributed by atoms with E-state index in [1.165, 1.54) is 19.2 Å². The molecule has 0 radical (unpaired) electrons. The average Bonchev–Trinajstić information content (AvgIpc) is 3.34. The molecule has 8 heteroatoms. The first kappa shape index (κ1) is 13.2. The van der Waals surface area contributed by atoms with E-state index >= 15 is 0 Å². The van der Waals surface area contributed by atoms with Gasteiger partial charge in [-0.05, 0) is 12.1 Å². The summed E-state index contributed by atoms with van der Waals surface area (Å²) in [6.07, 6.45) is 8.97. The molecule has 5 heterocycles. The minimum Gasteiger partial charge on any atom is -0.344 e. The largest absolute Gasteiger partial charge is 0.344 e. The summed E-state index contributed by atoms with van der Waals surface area (Å²) in [5.41, 5.74) is 2.07. The smallest absolute Gasteiger partial charge is 0.134 e. The molecular formula is C15H9N5S3. The van der Waals surface area contributed by atoms with Gasteiger partial charge in [0.2, 0.25) is 0 Å². The quantitative estimate of drug-likeness (QED) is 0.485. The summed E-state index contributed by atoms with van der Waals surface area (Å²) in [7, 11) is 0. The Morgan fingerprint density at radius 3 is 2.04 bits per heavy atom. The molecule has 0 saturated carbocycles. The zero-order valence-corrected chi connectivity index (χ0v) is 14.1. The van der Waals surface area contributed by atoms with Crippen molar-refractivity contribution in [2.75, 3.05) is 0 Å². The van der Waals surface area contributed by atoms with Gasteiger partial charge in [0.1, 0.15) is 5.01 Å². The Labute approximate surface area is 142 Å². The number of hydrogen-bond donors (Lipinski definition) is 2. The van der Waals surface area contributed by atoms with Gasteiger partial charge in [-0.3, -0.25) is 0 Å². The SMILES string of the molecule is c1ncc(-c2cnc(-c3cc4sc(-c5cnc[nH]5)cc4s3)s2)[nH]1. The fraction of sp³-hybridized carbons (Fsp3) is 0. The van der Waals surface area contributed by atoms with Gasteiger partial charge in [-0.25, -0.2) is 15.0 Å². The molecule has 0 saturated heterocycles.